The summed E-state index contributed by atoms with van der Waals surface area (Å²) < 4.78 is 10.1. The smallest absolute Gasteiger partial charge is 0.305 e. The first kappa shape index (κ1) is 20.9. The average molecular weight is 346 g/mol. The molecule has 0 spiro atoms. The first-order chi connectivity index (χ1) is 11.9. The number of aryl methyl sites for hydroxylation is 1. The highest BCUT2D eigenvalue weighted by Crippen LogP contribution is 2.16. The van der Waals surface area contributed by atoms with Gasteiger partial charge in [-0.15, -0.1) is 0 Å². The van der Waals surface area contributed by atoms with Crippen LogP contribution in [0, 0.1) is 0 Å². The second-order valence-corrected chi connectivity index (χ2v) is 6.34. The minimum absolute atomic E-state index is 0.488. The van der Waals surface area contributed by atoms with Crippen molar-refractivity contribution in [1.82, 2.24) is 0 Å². The summed E-state index contributed by atoms with van der Waals surface area (Å²) in [5.41, 5.74) is 2.97. The minimum atomic E-state index is -0.978. The summed E-state index contributed by atoms with van der Waals surface area (Å²) in [6, 6.07) is 8.30. The van der Waals surface area contributed by atoms with Crippen molar-refractivity contribution in [2.45, 2.75) is 72.5 Å². The molecule has 0 N–H and O–H groups in total. The third kappa shape index (κ3) is 9.08. The molecule has 0 bridgehead atoms. The van der Waals surface area contributed by atoms with Crippen LogP contribution in [0.5, 0.6) is 0 Å². The third-order valence-corrected chi connectivity index (χ3v) is 3.86. The molecule has 0 aromatic heterocycles. The molecule has 25 heavy (non-hydrogen) atoms. The lowest BCUT2D eigenvalue weighted by Crippen LogP contribution is -2.23. The maximum atomic E-state index is 11.2. The van der Waals surface area contributed by atoms with Gasteiger partial charge in [-0.3, -0.25) is 9.59 Å². The fourth-order valence-corrected chi connectivity index (χ4v) is 2.56. The molecule has 0 atom stereocenters. The molecule has 1 aromatic rings. The van der Waals surface area contributed by atoms with E-state index < -0.39 is 18.2 Å². The number of rotatable bonds is 10. The molecule has 138 valence electrons. The Balaban J connectivity index is 2.64. The summed E-state index contributed by atoms with van der Waals surface area (Å²) in [6.07, 6.45) is 8.36. The summed E-state index contributed by atoms with van der Waals surface area (Å²) in [6.45, 7) is 6.58. The number of hydrogen-bond donors (Lipinski definition) is 0. The van der Waals surface area contributed by atoms with Crippen molar-refractivity contribution in [3.05, 3.63) is 41.0 Å². The zero-order chi connectivity index (χ0) is 18.7. The molecule has 0 aliphatic rings. The zero-order valence-corrected chi connectivity index (χ0v) is 15.8. The number of carbonyl (C=O) groups is 2. The van der Waals surface area contributed by atoms with E-state index in [9.17, 15) is 9.59 Å². The molecule has 1 rings (SSSR count). The van der Waals surface area contributed by atoms with Gasteiger partial charge >= 0.3 is 11.9 Å². The van der Waals surface area contributed by atoms with Gasteiger partial charge in [-0.05, 0) is 37.0 Å². The number of carbonyl (C=O) groups excluding carboxylic acids is 2. The minimum Gasteiger partial charge on any atom is -0.421 e. The zero-order valence-electron chi connectivity index (χ0n) is 15.8. The first-order valence-electron chi connectivity index (χ1n) is 9.04. The number of ether oxygens (including phenoxy) is 2. The van der Waals surface area contributed by atoms with E-state index in [-0.39, 0.29) is 0 Å². The highest BCUT2D eigenvalue weighted by Gasteiger charge is 2.17. The first-order valence-corrected chi connectivity index (χ1v) is 9.04. The van der Waals surface area contributed by atoms with E-state index in [1.807, 2.05) is 18.2 Å². The lowest BCUT2D eigenvalue weighted by atomic mass is 10.0. The lowest BCUT2D eigenvalue weighted by molar-refractivity contribution is -0.177. The van der Waals surface area contributed by atoms with E-state index in [2.05, 4.69) is 19.1 Å². The quantitative estimate of drug-likeness (QED) is 0.338. The maximum Gasteiger partial charge on any atom is 0.305 e. The van der Waals surface area contributed by atoms with E-state index in [0.29, 0.717) is 5.57 Å². The van der Waals surface area contributed by atoms with Crippen molar-refractivity contribution in [3.63, 3.8) is 0 Å². The Morgan fingerprint density at radius 1 is 0.920 bits per heavy atom. The predicted octanol–water partition coefficient (Wildman–Crippen LogP) is 5.06. The fraction of sp³-hybridized carbons (Fsp3) is 0.524. The van der Waals surface area contributed by atoms with Crippen LogP contribution in [0.15, 0.2) is 29.8 Å². The van der Waals surface area contributed by atoms with Crippen molar-refractivity contribution in [2.24, 2.45) is 0 Å². The van der Waals surface area contributed by atoms with E-state index in [4.69, 9.17) is 9.47 Å². The Bertz CT molecular complexity index is 556. The fourth-order valence-electron chi connectivity index (χ4n) is 2.56. The van der Waals surface area contributed by atoms with Crippen molar-refractivity contribution in [1.29, 1.82) is 0 Å². The van der Waals surface area contributed by atoms with Crippen LogP contribution in [0.2, 0.25) is 0 Å². The average Bonchev–Trinajstić information content (AvgIpc) is 2.54. The molecular formula is C21H30O4. The topological polar surface area (TPSA) is 52.6 Å². The summed E-state index contributed by atoms with van der Waals surface area (Å²) in [7, 11) is 0. The number of unbranched alkanes of at least 4 members (excludes halogenated alkanes) is 4. The van der Waals surface area contributed by atoms with Gasteiger partial charge in [0.2, 0.25) is 0 Å². The van der Waals surface area contributed by atoms with Gasteiger partial charge in [-0.1, -0.05) is 56.9 Å². The molecule has 4 heteroatoms. The highest BCUT2D eigenvalue weighted by atomic mass is 16.7. The van der Waals surface area contributed by atoms with Crippen LogP contribution in [0.3, 0.4) is 0 Å². The summed E-state index contributed by atoms with van der Waals surface area (Å²) in [5.74, 6) is -0.977. The van der Waals surface area contributed by atoms with Crippen LogP contribution >= 0.6 is 0 Å². The van der Waals surface area contributed by atoms with Crippen LogP contribution < -0.4 is 0 Å². The van der Waals surface area contributed by atoms with Crippen molar-refractivity contribution >= 4 is 18.0 Å². The maximum absolute atomic E-state index is 11.2. The Labute approximate surface area is 151 Å². The predicted molar refractivity (Wildman–Crippen MR) is 99.9 cm³/mol. The van der Waals surface area contributed by atoms with Gasteiger partial charge in [0.05, 0.1) is 0 Å². The van der Waals surface area contributed by atoms with Crippen LogP contribution in [-0.2, 0) is 25.5 Å². The summed E-state index contributed by atoms with van der Waals surface area (Å²) in [4.78, 5) is 22.3. The Hall–Kier alpha value is -2.10. The Morgan fingerprint density at radius 3 is 2.00 bits per heavy atom. The van der Waals surface area contributed by atoms with E-state index >= 15 is 0 Å². The Morgan fingerprint density at radius 2 is 1.48 bits per heavy atom. The van der Waals surface area contributed by atoms with Gasteiger partial charge in [0.15, 0.2) is 0 Å². The molecule has 0 aliphatic carbocycles. The molecule has 0 saturated heterocycles. The second-order valence-electron chi connectivity index (χ2n) is 6.34. The molecule has 1 aromatic carbocycles. The van der Waals surface area contributed by atoms with Gasteiger partial charge in [0.1, 0.15) is 0 Å². The van der Waals surface area contributed by atoms with Crippen LogP contribution in [0.4, 0.5) is 0 Å². The second kappa shape index (κ2) is 11.5. The number of hydrogen-bond acceptors (Lipinski definition) is 4. The van der Waals surface area contributed by atoms with Gasteiger partial charge < -0.3 is 9.47 Å². The molecule has 0 saturated carbocycles. The highest BCUT2D eigenvalue weighted by molar-refractivity contribution is 5.69. The molecular weight excluding hydrogens is 316 g/mol. The van der Waals surface area contributed by atoms with Crippen molar-refractivity contribution in [2.75, 3.05) is 0 Å². The monoisotopic (exact) mass is 346 g/mol. The van der Waals surface area contributed by atoms with Gasteiger partial charge in [-0.25, -0.2) is 0 Å². The van der Waals surface area contributed by atoms with Gasteiger partial charge in [0.25, 0.3) is 6.29 Å². The molecule has 4 nitrogen and oxygen atoms in total. The van der Waals surface area contributed by atoms with Crippen LogP contribution in [0.25, 0.3) is 6.08 Å². The van der Waals surface area contributed by atoms with Crippen LogP contribution in [0.1, 0.15) is 70.9 Å². The third-order valence-electron chi connectivity index (χ3n) is 3.86. The van der Waals surface area contributed by atoms with E-state index in [1.165, 1.54) is 51.5 Å². The van der Waals surface area contributed by atoms with Crippen LogP contribution in [-0.4, -0.2) is 18.2 Å². The molecule has 0 heterocycles. The SMILES string of the molecule is CCCCCCCc1ccc(/C=C(\C)C(OC(C)=O)OC(C)=O)cc1. The van der Waals surface area contributed by atoms with E-state index in [0.717, 1.165) is 12.0 Å². The normalized spacial score (nSPS) is 11.5. The lowest BCUT2D eigenvalue weighted by Gasteiger charge is -2.17. The van der Waals surface area contributed by atoms with E-state index in [1.54, 1.807) is 6.92 Å². The summed E-state index contributed by atoms with van der Waals surface area (Å²) >= 11 is 0. The molecule has 0 aliphatic heterocycles. The molecule has 0 unspecified atom stereocenters. The van der Waals surface area contributed by atoms with Crippen molar-refractivity contribution in [3.8, 4) is 0 Å². The summed E-state index contributed by atoms with van der Waals surface area (Å²) in [5, 5.41) is 0. The number of benzene rings is 1. The molecule has 0 radical (unpaired) electrons. The number of esters is 2. The standard InChI is InChI=1S/C21H30O4/c1-5-6-7-8-9-10-19-11-13-20(14-12-19)15-16(2)21(24-17(3)22)25-18(4)23/h11-15,21H,5-10H2,1-4H3/b16-15+. The molecule has 0 amide bonds. The largest absolute Gasteiger partial charge is 0.421 e. The molecule has 0 fully saturated rings. The van der Waals surface area contributed by atoms with Gasteiger partial charge in [0, 0.05) is 19.4 Å². The van der Waals surface area contributed by atoms with Crippen molar-refractivity contribution < 1.29 is 19.1 Å². The van der Waals surface area contributed by atoms with Gasteiger partial charge in [-0.2, -0.15) is 0 Å². The Kier molecular flexibility index (Phi) is 9.60.